The molecule has 5 nitrogen and oxygen atoms in total. The van der Waals surface area contributed by atoms with Crippen LogP contribution in [0.4, 0.5) is 0 Å². The van der Waals surface area contributed by atoms with Crippen molar-refractivity contribution in [2.75, 3.05) is 26.2 Å². The zero-order valence-electron chi connectivity index (χ0n) is 12.9. The molecule has 0 aliphatic carbocycles. The lowest BCUT2D eigenvalue weighted by Crippen LogP contribution is -2.32. The van der Waals surface area contributed by atoms with Crippen molar-refractivity contribution < 1.29 is 0 Å². The minimum Gasteiger partial charge on any atom is -0.310 e. The van der Waals surface area contributed by atoms with Crippen molar-refractivity contribution in [3.63, 3.8) is 0 Å². The van der Waals surface area contributed by atoms with Gasteiger partial charge in [0.2, 0.25) is 0 Å². The highest BCUT2D eigenvalue weighted by molar-refractivity contribution is 5.37. The number of hydrogen-bond donors (Lipinski definition) is 1. The topological polar surface area (TPSA) is 49.6 Å². The van der Waals surface area contributed by atoms with Crippen LogP contribution >= 0.6 is 0 Å². The maximum absolute atomic E-state index is 12.0. The molecule has 2 aromatic heterocycles. The van der Waals surface area contributed by atoms with Crippen LogP contribution < -0.4 is 10.9 Å². The summed E-state index contributed by atoms with van der Waals surface area (Å²) in [5.74, 6) is 0. The third-order valence-corrected chi connectivity index (χ3v) is 3.52. The fraction of sp³-hybridized carbons (Fsp3) is 0.500. The molecule has 0 bridgehead atoms. The summed E-state index contributed by atoms with van der Waals surface area (Å²) >= 11 is 0. The first-order valence-electron chi connectivity index (χ1n) is 7.65. The molecule has 2 aromatic rings. The summed E-state index contributed by atoms with van der Waals surface area (Å²) in [6.45, 7) is 9.15. The van der Waals surface area contributed by atoms with Crippen LogP contribution in [0.1, 0.15) is 26.0 Å². The van der Waals surface area contributed by atoms with Gasteiger partial charge in [0.05, 0.1) is 5.69 Å². The van der Waals surface area contributed by atoms with Gasteiger partial charge in [-0.3, -0.25) is 9.20 Å². The Balaban J connectivity index is 1.90. The lowest BCUT2D eigenvalue weighted by atomic mass is 10.3. The molecule has 0 atom stereocenters. The minimum atomic E-state index is -0.0291. The fourth-order valence-corrected chi connectivity index (χ4v) is 2.39. The van der Waals surface area contributed by atoms with Gasteiger partial charge in [-0.05, 0) is 31.6 Å². The predicted octanol–water partition coefficient (Wildman–Crippen LogP) is 1.52. The van der Waals surface area contributed by atoms with Crippen molar-refractivity contribution in [3.8, 4) is 0 Å². The number of fused-ring (bicyclic) bond motifs is 1. The van der Waals surface area contributed by atoms with E-state index in [1.165, 1.54) is 6.42 Å². The van der Waals surface area contributed by atoms with Crippen molar-refractivity contribution in [3.05, 3.63) is 46.5 Å². The Hall–Kier alpha value is -1.72. The largest absolute Gasteiger partial charge is 0.310 e. The molecule has 0 unspecified atom stereocenters. The Morgan fingerprint density at radius 3 is 2.90 bits per heavy atom. The van der Waals surface area contributed by atoms with Crippen LogP contribution in [0.25, 0.3) is 5.65 Å². The van der Waals surface area contributed by atoms with E-state index in [4.69, 9.17) is 0 Å². The van der Waals surface area contributed by atoms with E-state index in [0.29, 0.717) is 12.2 Å². The van der Waals surface area contributed by atoms with Gasteiger partial charge in [-0.15, -0.1) is 0 Å². The zero-order chi connectivity index (χ0) is 15.1. The third kappa shape index (κ3) is 4.37. The molecular weight excluding hydrogens is 264 g/mol. The molecular formula is C16H24N4O. The Morgan fingerprint density at radius 1 is 1.29 bits per heavy atom. The summed E-state index contributed by atoms with van der Waals surface area (Å²) in [6, 6.07) is 7.18. The van der Waals surface area contributed by atoms with Gasteiger partial charge in [0.25, 0.3) is 5.56 Å². The molecule has 0 radical (unpaired) electrons. The molecule has 1 N–H and O–H groups in total. The van der Waals surface area contributed by atoms with Crippen molar-refractivity contribution in [1.82, 2.24) is 19.6 Å². The SMILES string of the molecule is CCCN(CC)CCNCc1cc(=O)n2ccccc2n1. The van der Waals surface area contributed by atoms with Crippen LogP contribution in [0.3, 0.4) is 0 Å². The Labute approximate surface area is 125 Å². The first kappa shape index (κ1) is 15.7. The van der Waals surface area contributed by atoms with E-state index in [1.54, 1.807) is 16.7 Å². The minimum absolute atomic E-state index is 0.0291. The summed E-state index contributed by atoms with van der Waals surface area (Å²) in [4.78, 5) is 18.9. The van der Waals surface area contributed by atoms with Crippen LogP contribution in [-0.4, -0.2) is 40.5 Å². The molecule has 2 heterocycles. The Kier molecular flexibility index (Phi) is 5.90. The van der Waals surface area contributed by atoms with Crippen LogP contribution in [0.5, 0.6) is 0 Å². The van der Waals surface area contributed by atoms with Crippen LogP contribution in [-0.2, 0) is 6.54 Å². The number of likely N-dealkylation sites (N-methyl/N-ethyl adjacent to an activating group) is 1. The average molecular weight is 288 g/mol. The summed E-state index contributed by atoms with van der Waals surface area (Å²) in [5.41, 5.74) is 1.46. The Morgan fingerprint density at radius 2 is 2.14 bits per heavy atom. The molecule has 0 amide bonds. The highest BCUT2D eigenvalue weighted by Crippen LogP contribution is 1.98. The normalized spacial score (nSPS) is 11.4. The molecule has 114 valence electrons. The molecule has 5 heteroatoms. The molecule has 0 aliphatic heterocycles. The highest BCUT2D eigenvalue weighted by atomic mass is 16.1. The molecule has 0 aromatic carbocycles. The van der Waals surface area contributed by atoms with E-state index in [2.05, 4.69) is 29.0 Å². The van der Waals surface area contributed by atoms with Crippen molar-refractivity contribution in [1.29, 1.82) is 0 Å². The average Bonchev–Trinajstić information content (AvgIpc) is 2.50. The van der Waals surface area contributed by atoms with Gasteiger partial charge < -0.3 is 10.2 Å². The van der Waals surface area contributed by atoms with Gasteiger partial charge in [-0.1, -0.05) is 19.9 Å². The third-order valence-electron chi connectivity index (χ3n) is 3.52. The van der Waals surface area contributed by atoms with Gasteiger partial charge in [-0.25, -0.2) is 4.98 Å². The Bertz CT molecular complexity index is 623. The lowest BCUT2D eigenvalue weighted by Gasteiger charge is -2.19. The summed E-state index contributed by atoms with van der Waals surface area (Å²) in [7, 11) is 0. The molecule has 21 heavy (non-hydrogen) atoms. The second kappa shape index (κ2) is 7.90. The maximum atomic E-state index is 12.0. The van der Waals surface area contributed by atoms with Gasteiger partial charge in [0, 0.05) is 31.9 Å². The summed E-state index contributed by atoms with van der Waals surface area (Å²) in [5, 5.41) is 3.36. The summed E-state index contributed by atoms with van der Waals surface area (Å²) in [6.07, 6.45) is 2.92. The molecule has 2 rings (SSSR count). The van der Waals surface area contributed by atoms with Gasteiger partial charge in [0.15, 0.2) is 0 Å². The van der Waals surface area contributed by atoms with Crippen molar-refractivity contribution in [2.45, 2.75) is 26.8 Å². The first-order valence-corrected chi connectivity index (χ1v) is 7.65. The first-order chi connectivity index (χ1) is 10.2. The van der Waals surface area contributed by atoms with E-state index in [1.807, 2.05) is 18.2 Å². The van der Waals surface area contributed by atoms with Crippen molar-refractivity contribution >= 4 is 5.65 Å². The number of aromatic nitrogens is 2. The van der Waals surface area contributed by atoms with Crippen LogP contribution in [0.2, 0.25) is 0 Å². The monoisotopic (exact) mass is 288 g/mol. The van der Waals surface area contributed by atoms with E-state index in [0.717, 1.165) is 31.9 Å². The molecule has 0 aliphatic rings. The number of nitrogens with zero attached hydrogens (tertiary/aromatic N) is 3. The molecule has 0 spiro atoms. The maximum Gasteiger partial charge on any atom is 0.258 e. The quantitative estimate of drug-likeness (QED) is 0.748. The zero-order valence-corrected chi connectivity index (χ0v) is 12.9. The number of nitrogens with one attached hydrogen (secondary N) is 1. The van der Waals surface area contributed by atoms with Crippen molar-refractivity contribution in [2.24, 2.45) is 0 Å². The van der Waals surface area contributed by atoms with Crippen LogP contribution in [0, 0.1) is 0 Å². The number of rotatable bonds is 8. The van der Waals surface area contributed by atoms with Gasteiger partial charge >= 0.3 is 0 Å². The van der Waals surface area contributed by atoms with E-state index >= 15 is 0 Å². The van der Waals surface area contributed by atoms with Crippen LogP contribution in [0.15, 0.2) is 35.3 Å². The lowest BCUT2D eigenvalue weighted by molar-refractivity contribution is 0.287. The van der Waals surface area contributed by atoms with Gasteiger partial charge in [-0.2, -0.15) is 0 Å². The number of hydrogen-bond acceptors (Lipinski definition) is 4. The second-order valence-corrected chi connectivity index (χ2v) is 5.13. The predicted molar refractivity (Wildman–Crippen MR) is 85.6 cm³/mol. The van der Waals surface area contributed by atoms with E-state index < -0.39 is 0 Å². The standard InChI is InChI=1S/C16H24N4O/c1-3-9-19(4-2)11-8-17-13-14-12-16(21)20-10-6-5-7-15(20)18-14/h5-7,10,12,17H,3-4,8-9,11,13H2,1-2H3. The summed E-state index contributed by atoms with van der Waals surface area (Å²) < 4.78 is 1.56. The van der Waals surface area contributed by atoms with E-state index in [9.17, 15) is 4.79 Å². The fourth-order valence-electron chi connectivity index (χ4n) is 2.39. The molecule has 0 fully saturated rings. The molecule has 0 saturated carbocycles. The van der Waals surface area contributed by atoms with Gasteiger partial charge in [0.1, 0.15) is 5.65 Å². The number of pyridine rings is 1. The highest BCUT2D eigenvalue weighted by Gasteiger charge is 2.03. The molecule has 0 saturated heterocycles. The smallest absolute Gasteiger partial charge is 0.258 e. The van der Waals surface area contributed by atoms with E-state index in [-0.39, 0.29) is 5.56 Å². The second-order valence-electron chi connectivity index (χ2n) is 5.13.